The Labute approximate surface area is 130 Å². The van der Waals surface area contributed by atoms with Crippen LogP contribution in [-0.4, -0.2) is 47.2 Å². The van der Waals surface area contributed by atoms with Crippen molar-refractivity contribution in [3.63, 3.8) is 0 Å². The molecule has 0 saturated heterocycles. The van der Waals surface area contributed by atoms with E-state index in [4.69, 9.17) is 9.84 Å². The van der Waals surface area contributed by atoms with Gasteiger partial charge in [-0.05, 0) is 24.9 Å². The highest BCUT2D eigenvalue weighted by Gasteiger charge is 2.34. The van der Waals surface area contributed by atoms with E-state index in [0.717, 1.165) is 18.4 Å². The lowest BCUT2D eigenvalue weighted by Gasteiger charge is -2.41. The van der Waals surface area contributed by atoms with Crippen molar-refractivity contribution >= 4 is 12.1 Å². The monoisotopic (exact) mass is 306 g/mol. The highest BCUT2D eigenvalue weighted by atomic mass is 16.5. The van der Waals surface area contributed by atoms with Crippen LogP contribution in [0.15, 0.2) is 30.3 Å². The number of rotatable bonds is 7. The van der Waals surface area contributed by atoms with E-state index in [1.54, 1.807) is 0 Å². The molecule has 6 heteroatoms. The van der Waals surface area contributed by atoms with Crippen LogP contribution in [0.3, 0.4) is 0 Å². The zero-order valence-electron chi connectivity index (χ0n) is 12.7. The summed E-state index contributed by atoms with van der Waals surface area (Å²) in [5.41, 5.74) is 0.947. The number of ether oxygens (including phenoxy) is 1. The van der Waals surface area contributed by atoms with Gasteiger partial charge in [0, 0.05) is 12.1 Å². The topological polar surface area (TPSA) is 78.9 Å². The number of carbonyl (C=O) groups excluding carboxylic acids is 1. The maximum atomic E-state index is 11.7. The Morgan fingerprint density at radius 1 is 1.32 bits per heavy atom. The second-order valence-corrected chi connectivity index (χ2v) is 5.49. The lowest BCUT2D eigenvalue weighted by molar-refractivity contribution is -0.139. The molecule has 0 heterocycles. The van der Waals surface area contributed by atoms with Gasteiger partial charge in [-0.15, -0.1) is 0 Å². The Bertz CT molecular complexity index is 500. The predicted octanol–water partition coefficient (Wildman–Crippen LogP) is 1.85. The minimum absolute atomic E-state index is 0.0480. The Kier molecular flexibility index (Phi) is 5.77. The molecule has 1 amide bonds. The zero-order valence-corrected chi connectivity index (χ0v) is 12.7. The van der Waals surface area contributed by atoms with Gasteiger partial charge in [-0.2, -0.15) is 0 Å². The van der Waals surface area contributed by atoms with Crippen molar-refractivity contribution in [1.29, 1.82) is 0 Å². The lowest BCUT2D eigenvalue weighted by Crippen LogP contribution is -2.54. The molecule has 0 aliphatic heterocycles. The van der Waals surface area contributed by atoms with Gasteiger partial charge in [-0.25, -0.2) is 4.79 Å². The van der Waals surface area contributed by atoms with E-state index in [2.05, 4.69) is 5.32 Å². The number of aliphatic carboxylic acids is 1. The predicted molar refractivity (Wildman–Crippen MR) is 81.5 cm³/mol. The molecule has 0 spiro atoms. The molecule has 120 valence electrons. The lowest BCUT2D eigenvalue weighted by atomic mass is 9.85. The summed E-state index contributed by atoms with van der Waals surface area (Å²) in [4.78, 5) is 24.4. The number of likely N-dealkylation sites (N-methyl/N-ethyl adjacent to an activating group) is 1. The van der Waals surface area contributed by atoms with Crippen LogP contribution in [0.4, 0.5) is 4.79 Å². The maximum Gasteiger partial charge on any atom is 0.407 e. The molecule has 0 radical (unpaired) electrons. The number of benzene rings is 1. The van der Waals surface area contributed by atoms with Crippen LogP contribution >= 0.6 is 0 Å². The van der Waals surface area contributed by atoms with Crippen molar-refractivity contribution in [1.82, 2.24) is 10.2 Å². The number of nitrogens with zero attached hydrogens (tertiary/aromatic N) is 1. The molecule has 0 unspecified atom stereocenters. The maximum absolute atomic E-state index is 11.7. The number of carbonyl (C=O) groups is 2. The van der Waals surface area contributed by atoms with Crippen LogP contribution in [-0.2, 0) is 16.1 Å². The van der Waals surface area contributed by atoms with Crippen molar-refractivity contribution in [2.75, 3.05) is 13.1 Å². The molecule has 2 rings (SSSR count). The van der Waals surface area contributed by atoms with E-state index in [9.17, 15) is 9.59 Å². The first-order valence-corrected chi connectivity index (χ1v) is 7.51. The molecule has 0 bridgehead atoms. The Morgan fingerprint density at radius 3 is 2.59 bits per heavy atom. The summed E-state index contributed by atoms with van der Waals surface area (Å²) >= 11 is 0. The van der Waals surface area contributed by atoms with Crippen LogP contribution < -0.4 is 5.32 Å². The minimum Gasteiger partial charge on any atom is -0.480 e. The summed E-state index contributed by atoms with van der Waals surface area (Å²) in [6.45, 7) is 2.94. The quantitative estimate of drug-likeness (QED) is 0.804. The SMILES string of the molecule is CCN(CC(=O)O)C1CC(NC(=O)OCc2ccccc2)C1. The summed E-state index contributed by atoms with van der Waals surface area (Å²) in [5, 5.41) is 11.7. The van der Waals surface area contributed by atoms with Gasteiger partial charge in [0.2, 0.25) is 0 Å². The van der Waals surface area contributed by atoms with Crippen molar-refractivity contribution in [3.05, 3.63) is 35.9 Å². The molecule has 1 aliphatic carbocycles. The molecular formula is C16H22N2O4. The third-order valence-corrected chi connectivity index (χ3v) is 3.91. The van der Waals surface area contributed by atoms with Crippen molar-refractivity contribution in [3.8, 4) is 0 Å². The van der Waals surface area contributed by atoms with Gasteiger partial charge in [0.05, 0.1) is 6.54 Å². The molecule has 1 aliphatic rings. The van der Waals surface area contributed by atoms with E-state index < -0.39 is 12.1 Å². The van der Waals surface area contributed by atoms with E-state index >= 15 is 0 Å². The van der Waals surface area contributed by atoms with Crippen molar-refractivity contribution in [2.24, 2.45) is 0 Å². The van der Waals surface area contributed by atoms with Gasteiger partial charge in [0.1, 0.15) is 6.61 Å². The van der Waals surface area contributed by atoms with E-state index in [0.29, 0.717) is 6.54 Å². The standard InChI is InChI=1S/C16H22N2O4/c1-2-18(10-15(19)20)14-8-13(9-14)17-16(21)22-11-12-6-4-3-5-7-12/h3-7,13-14H,2,8-11H2,1H3,(H,17,21)(H,19,20). The average Bonchev–Trinajstić information content (AvgIpc) is 2.47. The number of alkyl carbamates (subject to hydrolysis) is 1. The van der Waals surface area contributed by atoms with Gasteiger partial charge in [-0.1, -0.05) is 37.3 Å². The average molecular weight is 306 g/mol. The Hall–Kier alpha value is -2.08. The van der Waals surface area contributed by atoms with E-state index in [1.807, 2.05) is 42.2 Å². The number of nitrogens with one attached hydrogen (secondary N) is 1. The number of amides is 1. The Balaban J connectivity index is 1.66. The van der Waals surface area contributed by atoms with Crippen LogP contribution in [0, 0.1) is 0 Å². The molecular weight excluding hydrogens is 284 g/mol. The van der Waals surface area contributed by atoms with Gasteiger partial charge in [-0.3, -0.25) is 9.69 Å². The molecule has 22 heavy (non-hydrogen) atoms. The second kappa shape index (κ2) is 7.79. The summed E-state index contributed by atoms with van der Waals surface area (Å²) < 4.78 is 5.16. The fourth-order valence-electron chi connectivity index (χ4n) is 2.61. The highest BCUT2D eigenvalue weighted by Crippen LogP contribution is 2.25. The van der Waals surface area contributed by atoms with E-state index in [-0.39, 0.29) is 25.2 Å². The first kappa shape index (κ1) is 16.3. The van der Waals surface area contributed by atoms with Crippen molar-refractivity contribution < 1.29 is 19.4 Å². The Morgan fingerprint density at radius 2 is 2.00 bits per heavy atom. The normalized spacial score (nSPS) is 20.3. The van der Waals surface area contributed by atoms with Crippen molar-refractivity contribution in [2.45, 2.75) is 38.5 Å². The smallest absolute Gasteiger partial charge is 0.407 e. The van der Waals surface area contributed by atoms with Gasteiger partial charge < -0.3 is 15.2 Å². The van der Waals surface area contributed by atoms with Gasteiger partial charge in [0.15, 0.2) is 0 Å². The van der Waals surface area contributed by atoms with Crippen LogP contribution in [0.2, 0.25) is 0 Å². The summed E-state index contributed by atoms with van der Waals surface area (Å²) in [7, 11) is 0. The van der Waals surface area contributed by atoms with Gasteiger partial charge >= 0.3 is 12.1 Å². The summed E-state index contributed by atoms with van der Waals surface area (Å²) in [5.74, 6) is -0.819. The molecule has 6 nitrogen and oxygen atoms in total. The summed E-state index contributed by atoms with van der Waals surface area (Å²) in [6.07, 6.45) is 1.11. The third-order valence-electron chi connectivity index (χ3n) is 3.91. The highest BCUT2D eigenvalue weighted by molar-refractivity contribution is 5.69. The minimum atomic E-state index is -0.819. The largest absolute Gasteiger partial charge is 0.480 e. The third kappa shape index (κ3) is 4.73. The molecule has 1 saturated carbocycles. The second-order valence-electron chi connectivity index (χ2n) is 5.49. The van der Waals surface area contributed by atoms with Crippen LogP contribution in [0.1, 0.15) is 25.3 Å². The molecule has 1 aromatic rings. The molecule has 2 N–H and O–H groups in total. The molecule has 0 aromatic heterocycles. The number of hydrogen-bond acceptors (Lipinski definition) is 4. The number of carboxylic acids is 1. The fraction of sp³-hybridized carbons (Fsp3) is 0.500. The van der Waals surface area contributed by atoms with Crippen LogP contribution in [0.25, 0.3) is 0 Å². The fourth-order valence-corrected chi connectivity index (χ4v) is 2.61. The number of hydrogen-bond donors (Lipinski definition) is 2. The van der Waals surface area contributed by atoms with E-state index in [1.165, 1.54) is 0 Å². The van der Waals surface area contributed by atoms with Gasteiger partial charge in [0.25, 0.3) is 0 Å². The first-order valence-electron chi connectivity index (χ1n) is 7.51. The number of carboxylic acid groups (broad SMARTS) is 1. The summed E-state index contributed by atoms with van der Waals surface area (Å²) in [6, 6.07) is 9.80. The zero-order chi connectivity index (χ0) is 15.9. The van der Waals surface area contributed by atoms with Crippen LogP contribution in [0.5, 0.6) is 0 Å². The molecule has 0 atom stereocenters. The molecule has 1 fully saturated rings. The molecule has 1 aromatic carbocycles. The first-order chi connectivity index (χ1) is 10.6.